The summed E-state index contributed by atoms with van der Waals surface area (Å²) >= 11 is 2.59. The number of hydrogen-bond acceptors (Lipinski definition) is 8. The molecule has 0 aromatic carbocycles. The molecule has 2 atom stereocenters. The fourth-order valence-corrected chi connectivity index (χ4v) is 4.07. The summed E-state index contributed by atoms with van der Waals surface area (Å²) in [5.74, 6) is 0.0962. The number of rotatable bonds is 4. The van der Waals surface area contributed by atoms with Crippen molar-refractivity contribution in [3.63, 3.8) is 0 Å². The lowest BCUT2D eigenvalue weighted by Gasteiger charge is -2.30. The van der Waals surface area contributed by atoms with E-state index in [1.807, 2.05) is 24.4 Å². The van der Waals surface area contributed by atoms with E-state index >= 15 is 0 Å². The molecule has 1 fully saturated rings. The van der Waals surface area contributed by atoms with Crippen molar-refractivity contribution >= 4 is 40.5 Å². The molecular formula is C16H17N7O2S2. The van der Waals surface area contributed by atoms with Crippen LogP contribution in [0.15, 0.2) is 23.6 Å². The highest BCUT2D eigenvalue weighted by Crippen LogP contribution is 2.28. The number of aromatic nitrogens is 4. The zero-order chi connectivity index (χ0) is 19.0. The lowest BCUT2D eigenvalue weighted by Crippen LogP contribution is -2.52. The maximum absolute atomic E-state index is 12.6. The quantitative estimate of drug-likeness (QED) is 0.614. The number of nitrogens with one attached hydrogen (secondary N) is 3. The molecule has 0 radical (unpaired) electrons. The fourth-order valence-electron chi connectivity index (χ4n) is 2.83. The highest BCUT2D eigenvalue weighted by molar-refractivity contribution is 7.13. The number of hydrogen-bond donors (Lipinski definition) is 3. The molecule has 11 heteroatoms. The van der Waals surface area contributed by atoms with Crippen LogP contribution < -0.4 is 16.0 Å². The van der Waals surface area contributed by atoms with Crippen molar-refractivity contribution < 1.29 is 9.59 Å². The average Bonchev–Trinajstić information content (AvgIpc) is 3.33. The van der Waals surface area contributed by atoms with Gasteiger partial charge in [0.25, 0.3) is 5.91 Å². The van der Waals surface area contributed by atoms with E-state index in [1.54, 1.807) is 29.0 Å². The van der Waals surface area contributed by atoms with Crippen molar-refractivity contribution in [2.24, 2.45) is 0 Å². The molecule has 140 valence electrons. The van der Waals surface area contributed by atoms with E-state index in [0.717, 1.165) is 16.4 Å². The van der Waals surface area contributed by atoms with Gasteiger partial charge in [-0.3, -0.25) is 14.9 Å². The Hall–Kier alpha value is -2.63. The summed E-state index contributed by atoms with van der Waals surface area (Å²) in [6.45, 7) is 3.66. The first-order chi connectivity index (χ1) is 13.0. The summed E-state index contributed by atoms with van der Waals surface area (Å²) in [6.07, 6.45) is -0.158. The predicted molar refractivity (Wildman–Crippen MR) is 103 cm³/mol. The maximum atomic E-state index is 12.6. The van der Waals surface area contributed by atoms with Crippen molar-refractivity contribution in [2.75, 3.05) is 5.32 Å². The van der Waals surface area contributed by atoms with E-state index in [4.69, 9.17) is 0 Å². The first-order valence-corrected chi connectivity index (χ1v) is 9.95. The van der Waals surface area contributed by atoms with Gasteiger partial charge in [0.2, 0.25) is 5.91 Å². The molecule has 3 aromatic rings. The molecule has 0 bridgehead atoms. The Morgan fingerprint density at radius 3 is 2.96 bits per heavy atom. The summed E-state index contributed by atoms with van der Waals surface area (Å²) in [7, 11) is 0. The molecule has 4 rings (SSSR count). The van der Waals surface area contributed by atoms with Crippen LogP contribution in [0.4, 0.5) is 5.82 Å². The summed E-state index contributed by atoms with van der Waals surface area (Å²) in [6, 6.07) is 5.68. The molecule has 1 aliphatic heterocycles. The maximum Gasteiger partial charge on any atom is 0.270 e. The van der Waals surface area contributed by atoms with Gasteiger partial charge in [-0.2, -0.15) is 5.10 Å². The molecule has 27 heavy (non-hydrogen) atoms. The van der Waals surface area contributed by atoms with E-state index in [0.29, 0.717) is 28.5 Å². The number of aryl methyl sites for hydroxylation is 1. The second kappa shape index (κ2) is 7.18. The van der Waals surface area contributed by atoms with E-state index in [2.05, 4.69) is 30.6 Å². The molecule has 1 saturated heterocycles. The number of nitrogens with zero attached hydrogens (tertiary/aromatic N) is 4. The van der Waals surface area contributed by atoms with Gasteiger partial charge in [-0.1, -0.05) is 10.6 Å². The van der Waals surface area contributed by atoms with Crippen LogP contribution in [0.3, 0.4) is 0 Å². The van der Waals surface area contributed by atoms with Crippen LogP contribution in [0.25, 0.3) is 10.6 Å². The van der Waals surface area contributed by atoms with Crippen LogP contribution in [-0.2, 0) is 4.79 Å². The molecule has 3 aromatic heterocycles. The van der Waals surface area contributed by atoms with Gasteiger partial charge in [0.15, 0.2) is 6.29 Å². The molecule has 0 spiro atoms. The van der Waals surface area contributed by atoms with Crippen molar-refractivity contribution in [1.29, 1.82) is 0 Å². The highest BCUT2D eigenvalue weighted by Gasteiger charge is 2.28. The summed E-state index contributed by atoms with van der Waals surface area (Å²) < 4.78 is 5.39. The molecule has 0 aliphatic carbocycles. The minimum absolute atomic E-state index is 0.00497. The van der Waals surface area contributed by atoms with Gasteiger partial charge in [0.05, 0.1) is 10.6 Å². The SMILES string of the molecule is Cc1nnsc1C(=O)Nc1cc(-c2cccs2)nn1C1NC(=O)CC(C)N1. The monoisotopic (exact) mass is 403 g/mol. The molecule has 0 saturated carbocycles. The molecule has 4 heterocycles. The highest BCUT2D eigenvalue weighted by atomic mass is 32.1. The van der Waals surface area contributed by atoms with Crippen LogP contribution in [-0.4, -0.2) is 37.2 Å². The lowest BCUT2D eigenvalue weighted by atomic mass is 10.2. The largest absolute Gasteiger partial charge is 0.322 e. The van der Waals surface area contributed by atoms with Gasteiger partial charge < -0.3 is 10.6 Å². The Bertz CT molecular complexity index is 979. The molecule has 9 nitrogen and oxygen atoms in total. The molecule has 1 aliphatic rings. The first kappa shape index (κ1) is 17.8. The van der Waals surface area contributed by atoms with E-state index in [9.17, 15) is 9.59 Å². The second-order valence-corrected chi connectivity index (χ2v) is 7.92. The number of carbonyl (C=O) groups is 2. The van der Waals surface area contributed by atoms with Crippen molar-refractivity contribution in [2.45, 2.75) is 32.6 Å². The normalized spacial score (nSPS) is 19.7. The number of anilines is 1. The van der Waals surface area contributed by atoms with Gasteiger partial charge in [0.1, 0.15) is 16.4 Å². The van der Waals surface area contributed by atoms with Gasteiger partial charge in [-0.05, 0) is 36.8 Å². The van der Waals surface area contributed by atoms with E-state index < -0.39 is 6.29 Å². The third-order valence-electron chi connectivity index (χ3n) is 4.08. The summed E-state index contributed by atoms with van der Waals surface area (Å²) in [4.78, 5) is 26.0. The third kappa shape index (κ3) is 3.61. The van der Waals surface area contributed by atoms with Crippen molar-refractivity contribution in [3.8, 4) is 10.6 Å². The van der Waals surface area contributed by atoms with Crippen LogP contribution >= 0.6 is 22.9 Å². The first-order valence-electron chi connectivity index (χ1n) is 8.30. The van der Waals surface area contributed by atoms with Crippen LogP contribution in [0.5, 0.6) is 0 Å². The number of thiophene rings is 1. The van der Waals surface area contributed by atoms with Crippen LogP contribution in [0.1, 0.15) is 35.0 Å². The molecule has 2 amide bonds. The van der Waals surface area contributed by atoms with Crippen LogP contribution in [0.2, 0.25) is 0 Å². The Kier molecular flexibility index (Phi) is 4.72. The zero-order valence-electron chi connectivity index (χ0n) is 14.6. The Balaban J connectivity index is 1.69. The van der Waals surface area contributed by atoms with Gasteiger partial charge >= 0.3 is 0 Å². The standard InChI is InChI=1S/C16H17N7O2S2/c1-8-6-13(24)19-16(17-8)23-12(7-10(21-23)11-4-3-5-26-11)18-15(25)14-9(2)20-22-27-14/h3-5,7-8,16-17H,6H2,1-2H3,(H,18,25)(H,19,24). The molecule has 3 N–H and O–H groups in total. The Morgan fingerprint density at radius 1 is 1.44 bits per heavy atom. The zero-order valence-corrected chi connectivity index (χ0v) is 16.2. The smallest absolute Gasteiger partial charge is 0.270 e. The predicted octanol–water partition coefficient (Wildman–Crippen LogP) is 1.98. The third-order valence-corrected chi connectivity index (χ3v) is 5.80. The summed E-state index contributed by atoms with van der Waals surface area (Å²) in [5.41, 5.74) is 1.29. The van der Waals surface area contributed by atoms with Gasteiger partial charge in [-0.25, -0.2) is 4.68 Å². The average molecular weight is 403 g/mol. The van der Waals surface area contributed by atoms with Crippen LogP contribution in [0, 0.1) is 6.92 Å². The molecular weight excluding hydrogens is 386 g/mol. The van der Waals surface area contributed by atoms with E-state index in [1.165, 1.54) is 0 Å². The number of amides is 2. The second-order valence-electron chi connectivity index (χ2n) is 6.22. The lowest BCUT2D eigenvalue weighted by molar-refractivity contribution is -0.125. The topological polar surface area (TPSA) is 114 Å². The van der Waals surface area contributed by atoms with Gasteiger partial charge in [-0.15, -0.1) is 16.4 Å². The minimum Gasteiger partial charge on any atom is -0.322 e. The van der Waals surface area contributed by atoms with Crippen molar-refractivity contribution in [3.05, 3.63) is 34.2 Å². The Labute approximate surface area is 163 Å². The number of carbonyl (C=O) groups excluding carboxylic acids is 2. The van der Waals surface area contributed by atoms with Crippen molar-refractivity contribution in [1.82, 2.24) is 30.0 Å². The van der Waals surface area contributed by atoms with E-state index in [-0.39, 0.29) is 17.9 Å². The summed E-state index contributed by atoms with van der Waals surface area (Å²) in [5, 5.41) is 19.5. The van der Waals surface area contributed by atoms with Gasteiger partial charge in [0, 0.05) is 18.5 Å². The Morgan fingerprint density at radius 2 is 2.30 bits per heavy atom. The minimum atomic E-state index is -0.550. The fraction of sp³-hybridized carbons (Fsp3) is 0.312. The molecule has 2 unspecified atom stereocenters.